The minimum Gasteiger partial charge on any atom is -0.449 e. The Hall–Kier alpha value is -2.00. The zero-order valence-corrected chi connectivity index (χ0v) is 12.2. The molecule has 0 amide bonds. The van der Waals surface area contributed by atoms with Gasteiger partial charge in [0.2, 0.25) is 0 Å². The molecule has 0 bridgehead atoms. The molecular formula is C17H14O2S. The average molecular weight is 282 g/mol. The smallest absolute Gasteiger partial charge is 0.169 e. The van der Waals surface area contributed by atoms with Crippen LogP contribution in [0.1, 0.15) is 17.3 Å². The number of ketones is 1. The second-order valence-electron chi connectivity index (χ2n) is 4.60. The molecule has 0 aliphatic heterocycles. The van der Waals surface area contributed by atoms with E-state index in [1.165, 1.54) is 0 Å². The molecule has 0 radical (unpaired) electrons. The van der Waals surface area contributed by atoms with Crippen LogP contribution in [0, 0.1) is 0 Å². The predicted octanol–water partition coefficient (Wildman–Crippen LogP) is 5.02. The topological polar surface area (TPSA) is 30.2 Å². The average Bonchev–Trinajstić information content (AvgIpc) is 2.85. The fraction of sp³-hybridized carbons (Fsp3) is 0.118. The van der Waals surface area contributed by atoms with E-state index in [-0.39, 0.29) is 5.78 Å². The molecule has 1 aromatic heterocycles. The maximum Gasteiger partial charge on any atom is 0.169 e. The lowest BCUT2D eigenvalue weighted by molar-refractivity contribution is 0.101. The molecule has 3 heteroatoms. The Labute approximate surface area is 121 Å². The molecule has 1 heterocycles. The lowest BCUT2D eigenvalue weighted by Gasteiger charge is -2.03. The van der Waals surface area contributed by atoms with Crippen molar-refractivity contribution in [3.63, 3.8) is 0 Å². The second-order valence-corrected chi connectivity index (χ2v) is 5.38. The number of thioether (sulfide) groups is 1. The third-order valence-electron chi connectivity index (χ3n) is 3.31. The zero-order valence-electron chi connectivity index (χ0n) is 11.3. The van der Waals surface area contributed by atoms with Crippen LogP contribution in [-0.4, -0.2) is 12.0 Å². The Bertz CT molecular complexity index is 787. The first-order chi connectivity index (χ1) is 9.70. The molecule has 2 nitrogen and oxygen atoms in total. The number of hydrogen-bond acceptors (Lipinski definition) is 3. The number of Topliss-reactive ketones (excluding diaryl/α,β-unsaturated/α-hetero) is 1. The van der Waals surface area contributed by atoms with Crippen LogP contribution >= 0.6 is 11.8 Å². The first-order valence-corrected chi connectivity index (χ1v) is 7.60. The number of benzene rings is 2. The first kappa shape index (κ1) is 13.0. The molecule has 3 rings (SSSR count). The van der Waals surface area contributed by atoms with E-state index in [1.807, 2.05) is 54.8 Å². The van der Waals surface area contributed by atoms with Gasteiger partial charge in [0, 0.05) is 16.5 Å². The number of rotatable bonds is 3. The third-order valence-corrected chi connectivity index (χ3v) is 3.96. The lowest BCUT2D eigenvalue weighted by Crippen LogP contribution is -1.91. The quantitative estimate of drug-likeness (QED) is 0.499. The fourth-order valence-corrected chi connectivity index (χ4v) is 2.94. The molecule has 0 N–H and O–H groups in total. The summed E-state index contributed by atoms with van der Waals surface area (Å²) in [6.07, 6.45) is 2.00. The lowest BCUT2D eigenvalue weighted by atomic mass is 10.0. The van der Waals surface area contributed by atoms with Gasteiger partial charge in [-0.05, 0) is 30.9 Å². The summed E-state index contributed by atoms with van der Waals surface area (Å²) >= 11 is 1.58. The molecule has 0 saturated heterocycles. The maximum absolute atomic E-state index is 11.6. The van der Waals surface area contributed by atoms with Crippen molar-refractivity contribution in [2.24, 2.45) is 0 Å². The van der Waals surface area contributed by atoms with Crippen LogP contribution in [0.3, 0.4) is 0 Å². The largest absolute Gasteiger partial charge is 0.449 e. The molecular weight excluding hydrogens is 268 g/mol. The highest BCUT2D eigenvalue weighted by molar-refractivity contribution is 7.98. The van der Waals surface area contributed by atoms with Crippen LogP contribution in [0.5, 0.6) is 0 Å². The van der Waals surface area contributed by atoms with Crippen LogP contribution in [0.4, 0.5) is 0 Å². The predicted molar refractivity (Wildman–Crippen MR) is 83.4 cm³/mol. The van der Waals surface area contributed by atoms with E-state index in [0.29, 0.717) is 0 Å². The van der Waals surface area contributed by atoms with Gasteiger partial charge in [-0.2, -0.15) is 0 Å². The summed E-state index contributed by atoms with van der Waals surface area (Å²) < 4.78 is 5.88. The van der Waals surface area contributed by atoms with Crippen molar-refractivity contribution in [2.75, 3.05) is 6.26 Å². The molecule has 0 aliphatic rings. The van der Waals surface area contributed by atoms with Gasteiger partial charge in [0.25, 0.3) is 0 Å². The standard InChI is InChI=1S/C17H14O2S/c1-11(18)12-6-5-7-13(10-12)16-14-8-3-4-9-15(14)19-17(16)20-2/h3-10H,1-2H3. The highest BCUT2D eigenvalue weighted by Gasteiger charge is 2.15. The molecule has 0 aliphatic carbocycles. The minimum atomic E-state index is 0.0744. The zero-order chi connectivity index (χ0) is 14.1. The highest BCUT2D eigenvalue weighted by atomic mass is 32.2. The SMILES string of the molecule is CSc1oc2ccccc2c1-c1cccc(C(C)=O)c1. The molecule has 0 saturated carbocycles. The Balaban J connectivity index is 2.28. The molecule has 20 heavy (non-hydrogen) atoms. The van der Waals surface area contributed by atoms with Crippen molar-refractivity contribution in [1.29, 1.82) is 0 Å². The van der Waals surface area contributed by atoms with Gasteiger partial charge in [-0.3, -0.25) is 4.79 Å². The van der Waals surface area contributed by atoms with Gasteiger partial charge in [-0.15, -0.1) is 0 Å². The van der Waals surface area contributed by atoms with E-state index in [9.17, 15) is 4.79 Å². The number of carbonyl (C=O) groups excluding carboxylic acids is 1. The molecule has 3 aromatic rings. The van der Waals surface area contributed by atoms with Crippen molar-refractivity contribution in [3.05, 3.63) is 54.1 Å². The van der Waals surface area contributed by atoms with Gasteiger partial charge in [0.15, 0.2) is 10.9 Å². The van der Waals surface area contributed by atoms with Crippen molar-refractivity contribution in [1.82, 2.24) is 0 Å². The number of hydrogen-bond donors (Lipinski definition) is 0. The van der Waals surface area contributed by atoms with Crippen LogP contribution in [0.25, 0.3) is 22.1 Å². The fourth-order valence-electron chi connectivity index (χ4n) is 2.33. The van der Waals surface area contributed by atoms with E-state index in [2.05, 4.69) is 0 Å². The van der Waals surface area contributed by atoms with Gasteiger partial charge in [-0.25, -0.2) is 0 Å². The summed E-state index contributed by atoms with van der Waals surface area (Å²) in [4.78, 5) is 11.6. The number of para-hydroxylation sites is 1. The molecule has 2 aromatic carbocycles. The summed E-state index contributed by atoms with van der Waals surface area (Å²) in [5, 5.41) is 1.96. The van der Waals surface area contributed by atoms with E-state index >= 15 is 0 Å². The molecule has 0 atom stereocenters. The highest BCUT2D eigenvalue weighted by Crippen LogP contribution is 2.39. The monoisotopic (exact) mass is 282 g/mol. The van der Waals surface area contributed by atoms with Crippen molar-refractivity contribution in [3.8, 4) is 11.1 Å². The van der Waals surface area contributed by atoms with Gasteiger partial charge in [-0.1, -0.05) is 48.2 Å². The van der Waals surface area contributed by atoms with Gasteiger partial charge >= 0.3 is 0 Å². The summed E-state index contributed by atoms with van der Waals surface area (Å²) in [6, 6.07) is 15.7. The summed E-state index contributed by atoms with van der Waals surface area (Å²) in [5.41, 5.74) is 3.68. The minimum absolute atomic E-state index is 0.0744. The Morgan fingerprint density at radius 2 is 1.90 bits per heavy atom. The normalized spacial score (nSPS) is 10.9. The Morgan fingerprint density at radius 3 is 2.65 bits per heavy atom. The van der Waals surface area contributed by atoms with E-state index < -0.39 is 0 Å². The third kappa shape index (κ3) is 2.14. The maximum atomic E-state index is 11.6. The molecule has 0 fully saturated rings. The summed E-state index contributed by atoms with van der Waals surface area (Å²) in [5.74, 6) is 0.0744. The Morgan fingerprint density at radius 1 is 1.10 bits per heavy atom. The molecule has 100 valence electrons. The van der Waals surface area contributed by atoms with E-state index in [0.717, 1.165) is 32.8 Å². The van der Waals surface area contributed by atoms with E-state index in [1.54, 1.807) is 18.7 Å². The summed E-state index contributed by atoms with van der Waals surface area (Å²) in [7, 11) is 0. The van der Waals surface area contributed by atoms with Gasteiger partial charge < -0.3 is 4.42 Å². The van der Waals surface area contributed by atoms with E-state index in [4.69, 9.17) is 4.42 Å². The number of furan rings is 1. The number of fused-ring (bicyclic) bond motifs is 1. The van der Waals surface area contributed by atoms with Gasteiger partial charge in [0.1, 0.15) is 5.58 Å². The van der Waals surface area contributed by atoms with Crippen LogP contribution in [0.2, 0.25) is 0 Å². The van der Waals surface area contributed by atoms with Crippen molar-refractivity contribution < 1.29 is 9.21 Å². The molecule has 0 spiro atoms. The van der Waals surface area contributed by atoms with Crippen LogP contribution in [0.15, 0.2) is 58.0 Å². The first-order valence-electron chi connectivity index (χ1n) is 6.37. The second kappa shape index (κ2) is 5.17. The number of carbonyl (C=O) groups is 1. The van der Waals surface area contributed by atoms with Gasteiger partial charge in [0.05, 0.1) is 0 Å². The summed E-state index contributed by atoms with van der Waals surface area (Å²) in [6.45, 7) is 1.59. The van der Waals surface area contributed by atoms with Crippen molar-refractivity contribution >= 4 is 28.5 Å². The molecule has 0 unspecified atom stereocenters. The van der Waals surface area contributed by atoms with Crippen LogP contribution in [-0.2, 0) is 0 Å². The van der Waals surface area contributed by atoms with Crippen LogP contribution < -0.4 is 0 Å². The Kier molecular flexibility index (Phi) is 3.36. The van der Waals surface area contributed by atoms with Crippen molar-refractivity contribution in [2.45, 2.75) is 12.0 Å².